The minimum absolute atomic E-state index is 0.0931. The van der Waals surface area contributed by atoms with E-state index >= 15 is 0 Å². The summed E-state index contributed by atoms with van der Waals surface area (Å²) in [5.74, 6) is -10.7. The Morgan fingerprint density at radius 2 is 0.816 bits per heavy atom. The van der Waals surface area contributed by atoms with Gasteiger partial charge in [0.2, 0.25) is 11.8 Å². The van der Waals surface area contributed by atoms with Gasteiger partial charge in [-0.25, -0.2) is 9.59 Å². The highest BCUT2D eigenvalue weighted by Gasteiger charge is 2.57. The number of nitrogens with one attached hydrogen (secondary N) is 6. The third kappa shape index (κ3) is 17.1. The quantitative estimate of drug-likeness (QED) is 0.0262. The Labute approximate surface area is 569 Å². The normalized spacial score (nSPS) is 22.5. The highest BCUT2D eigenvalue weighted by Crippen LogP contribution is 2.40. The number of carbonyl (C=O) groups excluding carboxylic acids is 8. The van der Waals surface area contributed by atoms with Crippen LogP contribution in [0.25, 0.3) is 22.3 Å². The molecule has 2 heterocycles. The Kier molecular flexibility index (Phi) is 24.8. The zero-order chi connectivity index (χ0) is 70.6. The molecule has 5 aromatic rings. The first-order valence-corrected chi connectivity index (χ1v) is 33.8. The van der Waals surface area contributed by atoms with E-state index in [1.165, 1.54) is 72.1 Å². The Bertz CT molecular complexity index is 3580. The molecule has 30 heteroatoms. The van der Waals surface area contributed by atoms with Crippen molar-refractivity contribution >= 4 is 82.5 Å². The number of carbonyl (C=O) groups is 10. The van der Waals surface area contributed by atoms with Crippen molar-refractivity contribution in [2.75, 3.05) is 62.4 Å². The summed E-state index contributed by atoms with van der Waals surface area (Å²) >= 11 is 2.81. The number of carboxylic acid groups (broad SMARTS) is 2. The molecule has 2 aliphatic heterocycles. The fourth-order valence-electron chi connectivity index (χ4n) is 12.0. The Balaban J connectivity index is 0.651. The average Bonchev–Trinajstić information content (AvgIpc) is 1.33. The molecule has 2 aliphatic carbocycles. The summed E-state index contributed by atoms with van der Waals surface area (Å²) in [6.45, 7) is 1.12. The predicted molar refractivity (Wildman–Crippen MR) is 353 cm³/mol. The number of hydrogen-bond acceptors (Lipinski definition) is 22. The van der Waals surface area contributed by atoms with Crippen molar-refractivity contribution < 1.29 is 108 Å². The summed E-state index contributed by atoms with van der Waals surface area (Å²) in [6.07, 6.45) is -15.2. The molecule has 4 aliphatic rings. The summed E-state index contributed by atoms with van der Waals surface area (Å²) in [6, 6.07) is 26.2. The molecule has 0 aromatic heterocycles. The summed E-state index contributed by atoms with van der Waals surface area (Å²) in [5, 5.41) is 103. The van der Waals surface area contributed by atoms with Gasteiger partial charge in [0.05, 0.1) is 49.7 Å². The van der Waals surface area contributed by atoms with Gasteiger partial charge in [-0.15, -0.1) is 0 Å². The van der Waals surface area contributed by atoms with Gasteiger partial charge in [-0.1, -0.05) is 60.7 Å². The molecule has 522 valence electrons. The number of carboxylic acids is 2. The summed E-state index contributed by atoms with van der Waals surface area (Å²) in [5.41, 5.74) is 5.14. The van der Waals surface area contributed by atoms with Crippen LogP contribution in [0.3, 0.4) is 0 Å². The second-order valence-electron chi connectivity index (χ2n) is 23.8. The first-order valence-electron chi connectivity index (χ1n) is 31.5. The van der Waals surface area contributed by atoms with Gasteiger partial charge < -0.3 is 91.7 Å². The number of aliphatic carboxylic acids is 2. The molecule has 2 saturated heterocycles. The van der Waals surface area contributed by atoms with E-state index < -0.39 is 146 Å². The van der Waals surface area contributed by atoms with Crippen molar-refractivity contribution in [1.82, 2.24) is 31.9 Å². The zero-order valence-electron chi connectivity index (χ0n) is 53.2. The number of fused-ring (bicyclic) bond motifs is 6. The second kappa shape index (κ2) is 32.9. The van der Waals surface area contributed by atoms with Gasteiger partial charge in [-0.3, -0.25) is 38.4 Å². The molecule has 0 radical (unpaired) electrons. The molecule has 0 unspecified atom stereocenters. The predicted octanol–water partition coefficient (Wildman–Crippen LogP) is 1.02. The van der Waals surface area contributed by atoms with Crippen molar-refractivity contribution in [3.63, 3.8) is 0 Å². The van der Waals surface area contributed by atoms with Crippen LogP contribution in [0.1, 0.15) is 113 Å². The van der Waals surface area contributed by atoms with E-state index in [2.05, 4.69) is 31.9 Å². The van der Waals surface area contributed by atoms with E-state index in [-0.39, 0.29) is 73.0 Å². The van der Waals surface area contributed by atoms with Gasteiger partial charge in [0, 0.05) is 109 Å². The maximum Gasteiger partial charge on any atom is 0.364 e. The molecule has 0 saturated carbocycles. The minimum atomic E-state index is -2.53. The van der Waals surface area contributed by atoms with Gasteiger partial charge in [-0.05, 0) is 95.1 Å². The number of ketones is 2. The van der Waals surface area contributed by atoms with E-state index in [4.69, 9.17) is 18.9 Å². The molecule has 12 atom stereocenters. The first-order chi connectivity index (χ1) is 46.8. The van der Waals surface area contributed by atoms with E-state index in [1.54, 1.807) is 60.7 Å². The van der Waals surface area contributed by atoms with Gasteiger partial charge >= 0.3 is 11.9 Å². The Morgan fingerprint density at radius 1 is 0.480 bits per heavy atom. The molecular weight excluding hydrogens is 1320 g/mol. The number of aliphatic hydroxyl groups excluding tert-OH is 6. The number of hydrogen-bond donors (Lipinski definition) is 14. The van der Waals surface area contributed by atoms with E-state index in [9.17, 15) is 88.8 Å². The largest absolute Gasteiger partial charge is 0.477 e. The van der Waals surface area contributed by atoms with Crippen LogP contribution in [0, 0.1) is 0 Å². The number of amides is 6. The van der Waals surface area contributed by atoms with Crippen LogP contribution in [-0.2, 0) is 38.1 Å². The minimum Gasteiger partial charge on any atom is -0.477 e. The average molecular weight is 1390 g/mol. The second-order valence-corrected chi connectivity index (χ2v) is 26.3. The molecule has 5 aromatic carbocycles. The van der Waals surface area contributed by atoms with Crippen LogP contribution in [0.4, 0.5) is 0 Å². The number of aliphatic hydroxyl groups is 6. The molecule has 28 nitrogen and oxygen atoms in total. The monoisotopic (exact) mass is 1390 g/mol. The lowest BCUT2D eigenvalue weighted by Gasteiger charge is -2.46. The first kappa shape index (κ1) is 73.7. The molecule has 0 spiro atoms. The van der Waals surface area contributed by atoms with E-state index in [0.717, 1.165) is 25.0 Å². The van der Waals surface area contributed by atoms with Gasteiger partial charge in [0.25, 0.3) is 35.2 Å². The molecular formula is C68H76N6O22S2. The molecule has 0 bridgehead atoms. The fraction of sp³-hybridized carbons (Fsp3) is 0.412. The fourth-order valence-corrected chi connectivity index (χ4v) is 13.5. The van der Waals surface area contributed by atoms with Crippen molar-refractivity contribution in [2.45, 2.75) is 112 Å². The topological polar surface area (TPSA) is 442 Å². The molecule has 2 fully saturated rings. The van der Waals surface area contributed by atoms with Crippen molar-refractivity contribution in [3.05, 3.63) is 154 Å². The van der Waals surface area contributed by atoms with Crippen molar-refractivity contribution in [1.29, 1.82) is 0 Å². The molecule has 6 amide bonds. The lowest BCUT2D eigenvalue weighted by atomic mass is 9.88. The van der Waals surface area contributed by atoms with Crippen LogP contribution >= 0.6 is 23.5 Å². The third-order valence-corrected chi connectivity index (χ3v) is 19.1. The summed E-state index contributed by atoms with van der Waals surface area (Å²) in [7, 11) is 0. The molecule has 9 rings (SSSR count). The number of rotatable bonds is 32. The number of thioether (sulfide) groups is 2. The van der Waals surface area contributed by atoms with Crippen LogP contribution < -0.4 is 31.9 Å². The number of ether oxygens (including phenoxy) is 4. The van der Waals surface area contributed by atoms with Crippen LogP contribution in [-0.4, -0.2) is 235 Å². The number of benzene rings is 5. The summed E-state index contributed by atoms with van der Waals surface area (Å²) in [4.78, 5) is 128. The van der Waals surface area contributed by atoms with Crippen molar-refractivity contribution in [3.8, 4) is 22.3 Å². The lowest BCUT2D eigenvalue weighted by molar-refractivity contribution is -0.310. The Morgan fingerprint density at radius 3 is 1.17 bits per heavy atom. The smallest absolute Gasteiger partial charge is 0.364 e. The van der Waals surface area contributed by atoms with Crippen LogP contribution in [0.15, 0.2) is 109 Å². The molecule has 14 N–H and O–H groups in total. The highest BCUT2D eigenvalue weighted by molar-refractivity contribution is 7.99. The van der Waals surface area contributed by atoms with Gasteiger partial charge in [0.15, 0.2) is 11.6 Å². The lowest BCUT2D eigenvalue weighted by Crippen LogP contribution is -2.68. The standard InChI is InChI=1S/C68H76N6O22S2/c1-35(75)73-53-49(77)31-67(65(89)90,95-59(53)57(83)51(79)33-71-63(87)39-17-19-43-41-9-3-5-11-45(41)55(81)47(43)29-39)93-23-7-25-97-27-21-69-61(85)37-13-15-38(16-14-37)62(86)70-22-28-98-26-8-24-94-68(66(91)92)32-50(78)54(74-36(2)76)60(96-68)58(84)52(80)34-72-64(88)40-18-20-44-42-10-4-6-12-46(42)56(82)48(44)30-40/h3-6,9-20,29-30,49-54,57-60,77-80,83-84H,7-8,21-28,31-34H2,1-2H3,(H,69,85)(H,70,86)(H,71,87)(H,72,88)(H,73,75)(H,74,76)(H,89,90)(H,91,92)/t49-,50-,51+,52+,53+,54+,57+,58+,59+,60+,67+,68+/m0/s1. The maximum atomic E-state index is 13.2. The SMILES string of the molecule is CC(=O)N[C@H]1[C@H]([C@H](O)[C@H](O)CNC(=O)c2ccc3c(c2)C(=O)c2ccccc2-3)O[C@@](OCCCSCCNC(=O)c2ccc(C(=O)NCCSCCCO[C@]3(C(=O)O)C[C@H](O)[C@@H](NC(C)=O)[C@H]([C@H](O)[C@H](O)CNC(=O)c4ccc5c(c4)C(=O)c4ccccc4-5)O3)cc2)(C(=O)O)C[C@@H]1O. The summed E-state index contributed by atoms with van der Waals surface area (Å²) < 4.78 is 23.2. The van der Waals surface area contributed by atoms with E-state index in [1.807, 2.05) is 0 Å². The Hall–Kier alpha value is -8.50. The van der Waals surface area contributed by atoms with E-state index in [0.29, 0.717) is 56.4 Å². The van der Waals surface area contributed by atoms with Gasteiger partial charge in [-0.2, -0.15) is 23.5 Å². The highest BCUT2D eigenvalue weighted by atomic mass is 32.2. The van der Waals surface area contributed by atoms with Gasteiger partial charge in [0.1, 0.15) is 24.4 Å². The van der Waals surface area contributed by atoms with Crippen LogP contribution in [0.2, 0.25) is 0 Å². The van der Waals surface area contributed by atoms with Crippen molar-refractivity contribution in [2.24, 2.45) is 0 Å². The zero-order valence-corrected chi connectivity index (χ0v) is 54.8. The maximum absolute atomic E-state index is 13.2. The third-order valence-electron chi connectivity index (χ3n) is 16.9. The molecule has 98 heavy (non-hydrogen) atoms. The van der Waals surface area contributed by atoms with Crippen LogP contribution in [0.5, 0.6) is 0 Å².